The molecule has 0 saturated heterocycles. The molecule has 0 bridgehead atoms. The average Bonchev–Trinajstić information content (AvgIpc) is 2.67. The van der Waals surface area contributed by atoms with Crippen LogP contribution in [0.5, 0.6) is 0 Å². The zero-order chi connectivity index (χ0) is 21.6. The van der Waals surface area contributed by atoms with E-state index in [0.717, 1.165) is 23.8 Å². The topological polar surface area (TPSA) is 72.5 Å². The lowest BCUT2D eigenvalue weighted by Crippen LogP contribution is -2.27. The fraction of sp³-hybridized carbons (Fsp3) is 0.318. The maximum atomic E-state index is 13.1. The number of esters is 1. The van der Waals surface area contributed by atoms with E-state index >= 15 is 0 Å². The minimum atomic E-state index is -1.15. The van der Waals surface area contributed by atoms with Crippen LogP contribution >= 0.6 is 0 Å². The normalized spacial score (nSPS) is 11.1. The second kappa shape index (κ2) is 9.41. The molecule has 0 aliphatic carbocycles. The average molecular weight is 403 g/mol. The summed E-state index contributed by atoms with van der Waals surface area (Å²) in [5, 5.41) is 2.61. The molecule has 0 fully saturated rings. The van der Waals surface area contributed by atoms with Gasteiger partial charge in [0.2, 0.25) is 0 Å². The fourth-order valence-electron chi connectivity index (χ4n) is 2.47. The third kappa shape index (κ3) is 6.48. The van der Waals surface area contributed by atoms with E-state index in [1.54, 1.807) is 12.1 Å². The first kappa shape index (κ1) is 22.2. The first-order valence-corrected chi connectivity index (χ1v) is 9.10. The van der Waals surface area contributed by atoms with Crippen molar-refractivity contribution in [3.05, 3.63) is 70.8 Å². The van der Waals surface area contributed by atoms with Crippen LogP contribution in [-0.2, 0) is 14.9 Å². The Balaban J connectivity index is 1.75. The molecule has 0 saturated carbocycles. The van der Waals surface area contributed by atoms with Crippen LogP contribution < -0.4 is 5.32 Å². The number of benzene rings is 2. The highest BCUT2D eigenvalue weighted by Crippen LogP contribution is 2.22. The number of rotatable bonds is 7. The number of nitrogens with one attached hydrogen (secondary N) is 1. The Morgan fingerprint density at radius 3 is 2.14 bits per heavy atom. The molecule has 0 atom stereocenters. The molecule has 29 heavy (non-hydrogen) atoms. The highest BCUT2D eigenvalue weighted by molar-refractivity contribution is 5.98. The zero-order valence-electron chi connectivity index (χ0n) is 16.6. The van der Waals surface area contributed by atoms with Gasteiger partial charge in [0.05, 0.1) is 6.42 Å². The quantitative estimate of drug-likeness (QED) is 0.564. The second-order valence-corrected chi connectivity index (χ2v) is 7.55. The van der Waals surface area contributed by atoms with Crippen LogP contribution in [0.1, 0.15) is 53.5 Å². The first-order valence-electron chi connectivity index (χ1n) is 9.10. The predicted octanol–water partition coefficient (Wildman–Crippen LogP) is 3.81. The maximum absolute atomic E-state index is 13.1. The standard InChI is InChI=1S/C22H23F2NO4/c1-22(2,3)16-7-4-14(5-8-16)21(28)25-11-10-20(27)29-13-19(26)15-6-9-17(23)18(24)12-15/h4-9,12H,10-11,13H2,1-3H3,(H,25,28). The van der Waals surface area contributed by atoms with Crippen LogP contribution in [0.25, 0.3) is 0 Å². The molecule has 0 aliphatic rings. The van der Waals surface area contributed by atoms with E-state index in [4.69, 9.17) is 4.74 Å². The van der Waals surface area contributed by atoms with E-state index < -0.39 is 30.0 Å². The number of hydrogen-bond acceptors (Lipinski definition) is 4. The summed E-state index contributed by atoms with van der Waals surface area (Å²) in [5.74, 6) is -3.89. The summed E-state index contributed by atoms with van der Waals surface area (Å²) in [6, 6.07) is 9.88. The van der Waals surface area contributed by atoms with E-state index in [1.165, 1.54) is 0 Å². The van der Waals surface area contributed by atoms with Crippen LogP contribution in [0.4, 0.5) is 8.78 Å². The van der Waals surface area contributed by atoms with Gasteiger partial charge in [0.25, 0.3) is 5.91 Å². The lowest BCUT2D eigenvalue weighted by atomic mass is 9.87. The smallest absolute Gasteiger partial charge is 0.308 e. The van der Waals surface area contributed by atoms with Gasteiger partial charge >= 0.3 is 5.97 Å². The van der Waals surface area contributed by atoms with Gasteiger partial charge in [-0.1, -0.05) is 32.9 Å². The molecule has 0 radical (unpaired) electrons. The van der Waals surface area contributed by atoms with Crippen molar-refractivity contribution in [2.45, 2.75) is 32.6 Å². The zero-order valence-corrected chi connectivity index (χ0v) is 16.6. The molecule has 154 valence electrons. The highest BCUT2D eigenvalue weighted by Gasteiger charge is 2.15. The first-order chi connectivity index (χ1) is 13.6. The summed E-state index contributed by atoms with van der Waals surface area (Å²) in [5.41, 5.74) is 1.46. The van der Waals surface area contributed by atoms with Gasteiger partial charge in [0.1, 0.15) is 0 Å². The van der Waals surface area contributed by atoms with Gasteiger partial charge in [0.15, 0.2) is 24.0 Å². The Labute approximate surface area is 168 Å². The molecule has 5 nitrogen and oxygen atoms in total. The van der Waals surface area contributed by atoms with Crippen LogP contribution in [0.15, 0.2) is 42.5 Å². The molecule has 0 aromatic heterocycles. The van der Waals surface area contributed by atoms with Crippen LogP contribution in [0, 0.1) is 11.6 Å². The molecule has 0 aliphatic heterocycles. The third-order valence-corrected chi connectivity index (χ3v) is 4.23. The maximum Gasteiger partial charge on any atom is 0.308 e. The van der Waals surface area contributed by atoms with E-state index in [2.05, 4.69) is 26.1 Å². The number of Topliss-reactive ketones (excluding diaryl/α,β-unsaturated/α-hetero) is 1. The predicted molar refractivity (Wildman–Crippen MR) is 104 cm³/mol. The Morgan fingerprint density at radius 1 is 0.931 bits per heavy atom. The molecule has 0 heterocycles. The number of amides is 1. The summed E-state index contributed by atoms with van der Waals surface area (Å²) >= 11 is 0. The molecule has 2 rings (SSSR count). The molecule has 1 amide bonds. The van der Waals surface area contributed by atoms with Crippen LogP contribution in [0.2, 0.25) is 0 Å². The molecule has 0 unspecified atom stereocenters. The van der Waals surface area contributed by atoms with Crippen molar-refractivity contribution in [2.75, 3.05) is 13.2 Å². The number of ketones is 1. The van der Waals surface area contributed by atoms with Crippen molar-refractivity contribution >= 4 is 17.7 Å². The summed E-state index contributed by atoms with van der Waals surface area (Å²) in [6.07, 6.45) is -0.128. The van der Waals surface area contributed by atoms with Gasteiger partial charge in [-0.2, -0.15) is 0 Å². The number of carbonyl (C=O) groups is 3. The van der Waals surface area contributed by atoms with Crippen molar-refractivity contribution < 1.29 is 27.9 Å². The second-order valence-electron chi connectivity index (χ2n) is 7.55. The van der Waals surface area contributed by atoms with E-state index in [1.807, 2.05) is 12.1 Å². The van der Waals surface area contributed by atoms with E-state index in [9.17, 15) is 23.2 Å². The molecule has 0 spiro atoms. The van der Waals surface area contributed by atoms with Crippen molar-refractivity contribution in [1.82, 2.24) is 5.32 Å². The fourth-order valence-corrected chi connectivity index (χ4v) is 2.47. The molecular formula is C22H23F2NO4. The molecular weight excluding hydrogens is 380 g/mol. The van der Waals surface area contributed by atoms with Crippen molar-refractivity contribution in [3.8, 4) is 0 Å². The SMILES string of the molecule is CC(C)(C)c1ccc(C(=O)NCCC(=O)OCC(=O)c2ccc(F)c(F)c2)cc1. The minimum Gasteiger partial charge on any atom is -0.457 e. The largest absolute Gasteiger partial charge is 0.457 e. The summed E-state index contributed by atoms with van der Waals surface area (Å²) in [4.78, 5) is 35.7. The van der Waals surface area contributed by atoms with Gasteiger partial charge in [0, 0.05) is 17.7 Å². The number of ether oxygens (including phenoxy) is 1. The highest BCUT2D eigenvalue weighted by atomic mass is 19.2. The van der Waals surface area contributed by atoms with Crippen molar-refractivity contribution in [1.29, 1.82) is 0 Å². The van der Waals surface area contributed by atoms with E-state index in [-0.39, 0.29) is 29.9 Å². The summed E-state index contributed by atoms with van der Waals surface area (Å²) in [7, 11) is 0. The third-order valence-electron chi connectivity index (χ3n) is 4.23. The Morgan fingerprint density at radius 2 is 1.55 bits per heavy atom. The minimum absolute atomic E-state index is 0.0180. The van der Waals surface area contributed by atoms with Gasteiger partial charge in [-0.05, 0) is 41.3 Å². The lowest BCUT2D eigenvalue weighted by Gasteiger charge is -2.19. The molecule has 7 heteroatoms. The van der Waals surface area contributed by atoms with Crippen LogP contribution in [-0.4, -0.2) is 30.8 Å². The number of carbonyl (C=O) groups excluding carboxylic acids is 3. The molecule has 2 aromatic carbocycles. The van der Waals surface area contributed by atoms with E-state index in [0.29, 0.717) is 5.56 Å². The Kier molecular flexibility index (Phi) is 7.20. The summed E-state index contributed by atoms with van der Waals surface area (Å²) in [6.45, 7) is 5.67. The Hall–Kier alpha value is -3.09. The van der Waals surface area contributed by atoms with Gasteiger partial charge in [-0.25, -0.2) is 8.78 Å². The number of hydrogen-bond donors (Lipinski definition) is 1. The van der Waals surface area contributed by atoms with Gasteiger partial charge in [-0.15, -0.1) is 0 Å². The lowest BCUT2D eigenvalue weighted by molar-refractivity contribution is -0.142. The van der Waals surface area contributed by atoms with Crippen molar-refractivity contribution in [3.63, 3.8) is 0 Å². The number of halogens is 2. The molecule has 2 aromatic rings. The summed E-state index contributed by atoms with van der Waals surface area (Å²) < 4.78 is 30.8. The van der Waals surface area contributed by atoms with Crippen LogP contribution in [0.3, 0.4) is 0 Å². The monoisotopic (exact) mass is 403 g/mol. The van der Waals surface area contributed by atoms with Crippen molar-refractivity contribution in [2.24, 2.45) is 0 Å². The van der Waals surface area contributed by atoms with Gasteiger partial charge < -0.3 is 10.1 Å². The van der Waals surface area contributed by atoms with Gasteiger partial charge in [-0.3, -0.25) is 14.4 Å². The Bertz CT molecular complexity index is 902. The molecule has 1 N–H and O–H groups in total.